The maximum absolute atomic E-state index is 11.5. The number of carbonyl (C=O) groups excluding carboxylic acids is 1. The second kappa shape index (κ2) is 8.04. The van der Waals surface area contributed by atoms with Crippen molar-refractivity contribution >= 4 is 17.0 Å². The first kappa shape index (κ1) is 18.5. The van der Waals surface area contributed by atoms with Crippen LogP contribution < -0.4 is 4.74 Å². The Bertz CT molecular complexity index is 956. The summed E-state index contributed by atoms with van der Waals surface area (Å²) in [5.41, 5.74) is 1.95. The summed E-state index contributed by atoms with van der Waals surface area (Å²) in [5, 5.41) is 0. The molecule has 3 heterocycles. The first-order chi connectivity index (χ1) is 13.6. The fourth-order valence-corrected chi connectivity index (χ4v) is 3.45. The molecule has 0 saturated carbocycles. The van der Waals surface area contributed by atoms with Crippen molar-refractivity contribution in [3.05, 3.63) is 47.7 Å². The molecule has 4 rings (SSSR count). The van der Waals surface area contributed by atoms with E-state index in [9.17, 15) is 4.79 Å². The first-order valence-electron chi connectivity index (χ1n) is 9.29. The highest BCUT2D eigenvalue weighted by molar-refractivity contribution is 5.86. The molecule has 0 aliphatic carbocycles. The molecule has 1 aliphatic rings. The quantitative estimate of drug-likeness (QED) is 0.653. The number of furan rings is 1. The van der Waals surface area contributed by atoms with Crippen LogP contribution in [0.5, 0.6) is 5.75 Å². The van der Waals surface area contributed by atoms with E-state index in [0.717, 1.165) is 61.1 Å². The lowest BCUT2D eigenvalue weighted by Gasteiger charge is -2.33. The van der Waals surface area contributed by atoms with E-state index >= 15 is 0 Å². The number of esters is 1. The molecule has 1 aromatic carbocycles. The second-order valence-corrected chi connectivity index (χ2v) is 6.88. The molecule has 1 saturated heterocycles. The normalized spacial score (nSPS) is 15.8. The van der Waals surface area contributed by atoms with Crippen LogP contribution in [0, 0.1) is 0 Å². The highest BCUT2D eigenvalue weighted by atomic mass is 16.5. The summed E-state index contributed by atoms with van der Waals surface area (Å²) in [5.74, 6) is 2.37. The number of fused-ring (bicyclic) bond motifs is 1. The van der Waals surface area contributed by atoms with Crippen molar-refractivity contribution in [3.8, 4) is 5.75 Å². The van der Waals surface area contributed by atoms with Gasteiger partial charge in [0.05, 0.1) is 38.3 Å². The Morgan fingerprint density at radius 2 is 1.86 bits per heavy atom. The number of nitrogens with zero attached hydrogens (tertiary/aromatic N) is 3. The van der Waals surface area contributed by atoms with Crippen LogP contribution in [-0.2, 0) is 17.8 Å². The van der Waals surface area contributed by atoms with Gasteiger partial charge in [-0.3, -0.25) is 9.80 Å². The number of H-pyrrole nitrogens is 1. The number of rotatable bonds is 6. The lowest BCUT2D eigenvalue weighted by Crippen LogP contribution is -2.45. The summed E-state index contributed by atoms with van der Waals surface area (Å²) >= 11 is 0. The van der Waals surface area contributed by atoms with E-state index in [1.165, 1.54) is 7.11 Å². The molecule has 0 radical (unpaired) electrons. The van der Waals surface area contributed by atoms with Crippen LogP contribution in [0.3, 0.4) is 0 Å². The summed E-state index contributed by atoms with van der Waals surface area (Å²) in [6, 6.07) is 9.36. The van der Waals surface area contributed by atoms with E-state index < -0.39 is 5.97 Å². The summed E-state index contributed by atoms with van der Waals surface area (Å²) in [6.45, 7) is 5.24. The van der Waals surface area contributed by atoms with Gasteiger partial charge in [-0.15, -0.1) is 0 Å². The lowest BCUT2D eigenvalue weighted by atomic mass is 10.3. The summed E-state index contributed by atoms with van der Waals surface area (Å²) in [6.07, 6.45) is 0. The average Bonchev–Trinajstić information content (AvgIpc) is 3.34. The Labute approximate surface area is 163 Å². The van der Waals surface area contributed by atoms with Gasteiger partial charge in [0.2, 0.25) is 5.76 Å². The number of benzene rings is 1. The Morgan fingerprint density at radius 1 is 1.11 bits per heavy atom. The number of imidazole rings is 1. The number of carbonyl (C=O) groups is 1. The Kier molecular flexibility index (Phi) is 5.31. The molecule has 2 aromatic heterocycles. The Hall–Kier alpha value is -2.84. The average molecular weight is 384 g/mol. The van der Waals surface area contributed by atoms with Gasteiger partial charge < -0.3 is 18.9 Å². The fraction of sp³-hybridized carbons (Fsp3) is 0.400. The first-order valence-corrected chi connectivity index (χ1v) is 9.29. The summed E-state index contributed by atoms with van der Waals surface area (Å²) in [4.78, 5) is 24.2. The maximum Gasteiger partial charge on any atom is 0.373 e. The lowest BCUT2D eigenvalue weighted by molar-refractivity contribution is 0.0559. The molecule has 3 aromatic rings. The van der Waals surface area contributed by atoms with Gasteiger partial charge in [-0.2, -0.15) is 0 Å². The highest BCUT2D eigenvalue weighted by Crippen LogP contribution is 2.20. The van der Waals surface area contributed by atoms with Crippen molar-refractivity contribution in [2.45, 2.75) is 13.1 Å². The molecule has 0 bridgehead atoms. The van der Waals surface area contributed by atoms with Gasteiger partial charge in [-0.1, -0.05) is 0 Å². The van der Waals surface area contributed by atoms with Gasteiger partial charge in [0, 0.05) is 32.2 Å². The third kappa shape index (κ3) is 4.02. The smallest absolute Gasteiger partial charge is 0.373 e. The van der Waals surface area contributed by atoms with E-state index in [4.69, 9.17) is 9.15 Å². The molecule has 28 heavy (non-hydrogen) atoms. The Balaban J connectivity index is 1.30. The van der Waals surface area contributed by atoms with Gasteiger partial charge in [-0.05, 0) is 24.3 Å². The maximum atomic E-state index is 11.5. The van der Waals surface area contributed by atoms with Crippen LogP contribution in [0.4, 0.5) is 0 Å². The number of aromatic amines is 1. The molecule has 148 valence electrons. The number of aromatic nitrogens is 2. The molecule has 0 unspecified atom stereocenters. The third-order valence-corrected chi connectivity index (χ3v) is 5.00. The molecular formula is C20H24N4O4. The zero-order valence-corrected chi connectivity index (χ0v) is 16.1. The molecule has 1 N–H and O–H groups in total. The highest BCUT2D eigenvalue weighted by Gasteiger charge is 2.20. The topological polar surface area (TPSA) is 83.8 Å². The van der Waals surface area contributed by atoms with Crippen LogP contribution in [0.2, 0.25) is 0 Å². The second-order valence-electron chi connectivity index (χ2n) is 6.88. The minimum Gasteiger partial charge on any atom is -0.497 e. The number of piperazine rings is 1. The predicted octanol–water partition coefficient (Wildman–Crippen LogP) is 2.27. The van der Waals surface area contributed by atoms with Gasteiger partial charge in [0.1, 0.15) is 17.3 Å². The minimum absolute atomic E-state index is 0.248. The molecule has 0 amide bonds. The van der Waals surface area contributed by atoms with Crippen molar-refractivity contribution in [2.24, 2.45) is 0 Å². The standard InChI is InChI=1S/C20H24N4O4/c1-26-14-3-5-16-17(11-14)22-19(21-16)13-24-9-7-23(8-10-24)12-15-4-6-18(28-15)20(25)27-2/h3-6,11H,7-10,12-13H2,1-2H3,(H,21,22). The van der Waals surface area contributed by atoms with E-state index in [0.29, 0.717) is 6.54 Å². The van der Waals surface area contributed by atoms with E-state index in [2.05, 4.69) is 24.5 Å². The number of ether oxygens (including phenoxy) is 2. The van der Waals surface area contributed by atoms with E-state index in [1.807, 2.05) is 24.3 Å². The van der Waals surface area contributed by atoms with Crippen LogP contribution in [-0.4, -0.2) is 66.1 Å². The van der Waals surface area contributed by atoms with Crippen molar-refractivity contribution in [3.63, 3.8) is 0 Å². The molecular weight excluding hydrogens is 360 g/mol. The molecule has 1 fully saturated rings. The van der Waals surface area contributed by atoms with Crippen LogP contribution >= 0.6 is 0 Å². The summed E-state index contributed by atoms with van der Waals surface area (Å²) < 4.78 is 15.5. The molecule has 1 aliphatic heterocycles. The molecule has 0 atom stereocenters. The zero-order chi connectivity index (χ0) is 19.5. The van der Waals surface area contributed by atoms with Crippen molar-refractivity contribution < 1.29 is 18.7 Å². The molecule has 0 spiro atoms. The SMILES string of the molecule is COC(=O)c1ccc(CN2CCN(Cc3nc4ccc(OC)cc4[nH]3)CC2)o1. The van der Waals surface area contributed by atoms with Gasteiger partial charge >= 0.3 is 5.97 Å². The third-order valence-electron chi connectivity index (χ3n) is 5.00. The van der Waals surface area contributed by atoms with Crippen LogP contribution in [0.1, 0.15) is 22.1 Å². The minimum atomic E-state index is -0.445. The zero-order valence-electron chi connectivity index (χ0n) is 16.1. The number of nitrogens with one attached hydrogen (secondary N) is 1. The van der Waals surface area contributed by atoms with E-state index in [1.54, 1.807) is 13.2 Å². The van der Waals surface area contributed by atoms with Crippen LogP contribution in [0.25, 0.3) is 11.0 Å². The number of methoxy groups -OCH3 is 2. The largest absolute Gasteiger partial charge is 0.497 e. The van der Waals surface area contributed by atoms with Crippen molar-refractivity contribution in [1.82, 2.24) is 19.8 Å². The van der Waals surface area contributed by atoms with Gasteiger partial charge in [0.15, 0.2) is 0 Å². The predicted molar refractivity (Wildman–Crippen MR) is 103 cm³/mol. The molecule has 8 heteroatoms. The van der Waals surface area contributed by atoms with Gasteiger partial charge in [-0.25, -0.2) is 9.78 Å². The Morgan fingerprint density at radius 3 is 2.57 bits per heavy atom. The fourth-order valence-electron chi connectivity index (χ4n) is 3.45. The number of hydrogen-bond acceptors (Lipinski definition) is 7. The van der Waals surface area contributed by atoms with Crippen molar-refractivity contribution in [1.29, 1.82) is 0 Å². The van der Waals surface area contributed by atoms with Crippen LogP contribution in [0.15, 0.2) is 34.7 Å². The summed E-state index contributed by atoms with van der Waals surface area (Å²) in [7, 11) is 3.01. The van der Waals surface area contributed by atoms with E-state index in [-0.39, 0.29) is 5.76 Å². The van der Waals surface area contributed by atoms with Gasteiger partial charge in [0.25, 0.3) is 0 Å². The van der Waals surface area contributed by atoms with Crippen molar-refractivity contribution in [2.75, 3.05) is 40.4 Å². The molecule has 8 nitrogen and oxygen atoms in total. The number of hydrogen-bond donors (Lipinski definition) is 1. The monoisotopic (exact) mass is 384 g/mol.